The van der Waals surface area contributed by atoms with Gasteiger partial charge >= 0.3 is 5.43 Å². The van der Waals surface area contributed by atoms with Crippen LogP contribution in [-0.4, -0.2) is 12.0 Å². The third kappa shape index (κ3) is 3.66. The molecule has 0 amide bonds. The van der Waals surface area contributed by atoms with Crippen LogP contribution in [0.25, 0.3) is 0 Å². The van der Waals surface area contributed by atoms with Gasteiger partial charge in [-0.3, -0.25) is 0 Å². The standard InChI is InChI=1S/C10H11ClO3/c1-2-7-13-8-3-5-9(6-4-8)14-10(11)12/h3-6H,2,7H2,1H3. The lowest BCUT2D eigenvalue weighted by Gasteiger charge is -2.04. The maximum atomic E-state index is 10.4. The summed E-state index contributed by atoms with van der Waals surface area (Å²) in [7, 11) is 0. The van der Waals surface area contributed by atoms with Gasteiger partial charge in [-0.05, 0) is 30.7 Å². The minimum absolute atomic E-state index is 0.411. The second-order valence-electron chi connectivity index (χ2n) is 2.66. The molecule has 0 saturated carbocycles. The Morgan fingerprint density at radius 2 is 1.86 bits per heavy atom. The van der Waals surface area contributed by atoms with E-state index in [1.807, 2.05) is 6.92 Å². The first-order chi connectivity index (χ1) is 6.72. The molecule has 0 N–H and O–H groups in total. The van der Waals surface area contributed by atoms with Crippen molar-refractivity contribution < 1.29 is 14.3 Å². The van der Waals surface area contributed by atoms with Crippen LogP contribution in [0.3, 0.4) is 0 Å². The fourth-order valence-corrected chi connectivity index (χ4v) is 1.01. The molecule has 0 heterocycles. The molecule has 0 bridgehead atoms. The fraction of sp³-hybridized carbons (Fsp3) is 0.300. The highest BCUT2D eigenvalue weighted by molar-refractivity contribution is 6.61. The number of hydrogen-bond acceptors (Lipinski definition) is 3. The Bertz CT molecular complexity index is 295. The molecule has 14 heavy (non-hydrogen) atoms. The van der Waals surface area contributed by atoms with Crippen LogP contribution in [-0.2, 0) is 0 Å². The molecule has 0 aliphatic rings. The van der Waals surface area contributed by atoms with Gasteiger partial charge in [0.1, 0.15) is 11.5 Å². The molecule has 0 unspecified atom stereocenters. The van der Waals surface area contributed by atoms with E-state index >= 15 is 0 Å². The van der Waals surface area contributed by atoms with Crippen LogP contribution in [0.4, 0.5) is 4.79 Å². The predicted molar refractivity (Wildman–Crippen MR) is 54.1 cm³/mol. The van der Waals surface area contributed by atoms with E-state index in [1.165, 1.54) is 0 Å². The summed E-state index contributed by atoms with van der Waals surface area (Å²) >= 11 is 5.04. The molecule has 0 aliphatic heterocycles. The Morgan fingerprint density at radius 3 is 2.36 bits per heavy atom. The molecule has 4 heteroatoms. The van der Waals surface area contributed by atoms with Crippen LogP contribution in [0.1, 0.15) is 13.3 Å². The average molecular weight is 215 g/mol. The highest BCUT2D eigenvalue weighted by atomic mass is 35.5. The topological polar surface area (TPSA) is 35.5 Å². The summed E-state index contributed by atoms with van der Waals surface area (Å²) in [6.45, 7) is 2.71. The van der Waals surface area contributed by atoms with Crippen molar-refractivity contribution in [3.05, 3.63) is 24.3 Å². The van der Waals surface area contributed by atoms with Gasteiger partial charge in [0.25, 0.3) is 0 Å². The molecule has 1 aromatic rings. The Labute approximate surface area is 87.6 Å². The molecule has 0 atom stereocenters. The summed E-state index contributed by atoms with van der Waals surface area (Å²) in [5.74, 6) is 1.16. The molecular weight excluding hydrogens is 204 g/mol. The smallest absolute Gasteiger partial charge is 0.409 e. The van der Waals surface area contributed by atoms with Gasteiger partial charge in [-0.25, -0.2) is 4.79 Å². The molecule has 1 rings (SSSR count). The number of carbonyl (C=O) groups is 1. The van der Waals surface area contributed by atoms with Crippen molar-refractivity contribution in [2.75, 3.05) is 6.61 Å². The third-order valence-corrected chi connectivity index (χ3v) is 1.57. The van der Waals surface area contributed by atoms with E-state index in [1.54, 1.807) is 24.3 Å². The normalized spacial score (nSPS) is 9.57. The van der Waals surface area contributed by atoms with Gasteiger partial charge in [-0.1, -0.05) is 6.92 Å². The lowest BCUT2D eigenvalue weighted by atomic mass is 10.3. The fourth-order valence-electron chi connectivity index (χ4n) is 0.916. The summed E-state index contributed by atoms with van der Waals surface area (Å²) in [5.41, 5.74) is -0.841. The number of hydrogen-bond donors (Lipinski definition) is 0. The Kier molecular flexibility index (Phi) is 4.26. The third-order valence-electron chi connectivity index (χ3n) is 1.49. The van der Waals surface area contributed by atoms with Crippen molar-refractivity contribution in [1.29, 1.82) is 0 Å². The summed E-state index contributed by atoms with van der Waals surface area (Å²) in [4.78, 5) is 10.4. The first-order valence-corrected chi connectivity index (χ1v) is 4.70. The zero-order valence-corrected chi connectivity index (χ0v) is 8.58. The highest BCUT2D eigenvalue weighted by Crippen LogP contribution is 2.18. The van der Waals surface area contributed by atoms with Crippen LogP contribution < -0.4 is 9.47 Å². The summed E-state index contributed by atoms with van der Waals surface area (Å²) in [6.07, 6.45) is 0.957. The van der Waals surface area contributed by atoms with E-state index in [0.29, 0.717) is 12.4 Å². The summed E-state index contributed by atoms with van der Waals surface area (Å²) in [6, 6.07) is 6.71. The summed E-state index contributed by atoms with van der Waals surface area (Å²) < 4.78 is 9.99. The number of halogens is 1. The monoisotopic (exact) mass is 214 g/mol. The first kappa shape index (κ1) is 10.9. The Morgan fingerprint density at radius 1 is 1.29 bits per heavy atom. The number of ether oxygens (including phenoxy) is 2. The van der Waals surface area contributed by atoms with Crippen molar-refractivity contribution >= 4 is 17.0 Å². The Hall–Kier alpha value is -1.22. The van der Waals surface area contributed by atoms with Crippen LogP contribution in [0, 0.1) is 0 Å². The van der Waals surface area contributed by atoms with E-state index in [2.05, 4.69) is 4.74 Å². The molecule has 0 spiro atoms. The quantitative estimate of drug-likeness (QED) is 0.722. The molecule has 76 valence electrons. The molecule has 1 aromatic carbocycles. The van der Waals surface area contributed by atoms with Crippen molar-refractivity contribution in [3.8, 4) is 11.5 Å². The van der Waals surface area contributed by atoms with Crippen LogP contribution in [0.15, 0.2) is 24.3 Å². The van der Waals surface area contributed by atoms with Gasteiger partial charge in [-0.2, -0.15) is 0 Å². The van der Waals surface area contributed by atoms with Crippen molar-refractivity contribution in [1.82, 2.24) is 0 Å². The molecule has 0 fully saturated rings. The van der Waals surface area contributed by atoms with Gasteiger partial charge < -0.3 is 9.47 Å². The van der Waals surface area contributed by atoms with E-state index < -0.39 is 5.43 Å². The van der Waals surface area contributed by atoms with Crippen molar-refractivity contribution in [3.63, 3.8) is 0 Å². The van der Waals surface area contributed by atoms with Gasteiger partial charge in [0, 0.05) is 11.6 Å². The molecule has 3 nitrogen and oxygen atoms in total. The first-order valence-electron chi connectivity index (χ1n) is 4.32. The molecular formula is C10H11ClO3. The number of benzene rings is 1. The average Bonchev–Trinajstić information content (AvgIpc) is 2.16. The zero-order valence-electron chi connectivity index (χ0n) is 7.83. The lowest BCUT2D eigenvalue weighted by molar-refractivity contribution is 0.225. The van der Waals surface area contributed by atoms with Crippen LogP contribution in [0.2, 0.25) is 0 Å². The van der Waals surface area contributed by atoms with Gasteiger partial charge in [-0.15, -0.1) is 0 Å². The largest absolute Gasteiger partial charge is 0.494 e. The van der Waals surface area contributed by atoms with E-state index in [4.69, 9.17) is 16.3 Å². The maximum Gasteiger partial charge on any atom is 0.409 e. The van der Waals surface area contributed by atoms with Crippen LogP contribution >= 0.6 is 11.6 Å². The van der Waals surface area contributed by atoms with Gasteiger partial charge in [0.15, 0.2) is 0 Å². The zero-order chi connectivity index (χ0) is 10.4. The second-order valence-corrected chi connectivity index (χ2v) is 2.97. The van der Waals surface area contributed by atoms with Gasteiger partial charge in [0.05, 0.1) is 6.61 Å². The minimum Gasteiger partial charge on any atom is -0.494 e. The Balaban J connectivity index is 2.54. The van der Waals surface area contributed by atoms with E-state index in [9.17, 15) is 4.79 Å². The molecule has 0 aliphatic carbocycles. The van der Waals surface area contributed by atoms with E-state index in [0.717, 1.165) is 12.2 Å². The highest BCUT2D eigenvalue weighted by Gasteiger charge is 1.99. The molecule has 0 radical (unpaired) electrons. The lowest BCUT2D eigenvalue weighted by Crippen LogP contribution is -1.97. The number of carbonyl (C=O) groups excluding carboxylic acids is 1. The number of rotatable bonds is 4. The maximum absolute atomic E-state index is 10.4. The van der Waals surface area contributed by atoms with Gasteiger partial charge in [0.2, 0.25) is 0 Å². The predicted octanol–water partition coefficient (Wildman–Crippen LogP) is 3.21. The SMILES string of the molecule is CCCOc1ccc(OC(=O)Cl)cc1. The minimum atomic E-state index is -0.841. The van der Waals surface area contributed by atoms with E-state index in [-0.39, 0.29) is 0 Å². The van der Waals surface area contributed by atoms with Crippen molar-refractivity contribution in [2.24, 2.45) is 0 Å². The van der Waals surface area contributed by atoms with Crippen LogP contribution in [0.5, 0.6) is 11.5 Å². The molecule has 0 aromatic heterocycles. The van der Waals surface area contributed by atoms with Crippen molar-refractivity contribution in [2.45, 2.75) is 13.3 Å². The summed E-state index contributed by atoms with van der Waals surface area (Å²) in [5, 5.41) is 0. The second kappa shape index (κ2) is 5.50. The molecule has 0 saturated heterocycles.